The number of anilines is 1. The second-order valence-electron chi connectivity index (χ2n) is 5.15. The molecule has 2 aromatic carbocycles. The molecule has 0 atom stereocenters. The number of nitrogens with zero attached hydrogens (tertiary/aromatic N) is 1. The lowest BCUT2D eigenvalue weighted by atomic mass is 10.2. The highest BCUT2D eigenvalue weighted by atomic mass is 19.4. The largest absolute Gasteiger partial charge is 0.416 e. The first kappa shape index (κ1) is 19.1. The van der Waals surface area contributed by atoms with Gasteiger partial charge < -0.3 is 5.32 Å². The highest BCUT2D eigenvalue weighted by Gasteiger charge is 2.30. The third kappa shape index (κ3) is 6.00. The van der Waals surface area contributed by atoms with Gasteiger partial charge in [0.2, 0.25) is 11.8 Å². The summed E-state index contributed by atoms with van der Waals surface area (Å²) in [5, 5.41) is 5.81. The summed E-state index contributed by atoms with van der Waals surface area (Å²) in [6, 6.07) is 9.35. The third-order valence-electron chi connectivity index (χ3n) is 3.07. The SMILES string of the molecule is O=C(CC(=O)Nc1cccc(C(F)(F)F)c1)N/N=C/c1ccc(F)cc1. The van der Waals surface area contributed by atoms with Crippen LogP contribution in [0.2, 0.25) is 0 Å². The van der Waals surface area contributed by atoms with Crippen LogP contribution in [-0.2, 0) is 15.8 Å². The van der Waals surface area contributed by atoms with E-state index < -0.39 is 35.8 Å². The molecule has 5 nitrogen and oxygen atoms in total. The van der Waals surface area contributed by atoms with Crippen LogP contribution in [0.4, 0.5) is 23.2 Å². The molecule has 0 aliphatic heterocycles. The Kier molecular flexibility index (Phi) is 6.05. The van der Waals surface area contributed by atoms with E-state index >= 15 is 0 Å². The van der Waals surface area contributed by atoms with Gasteiger partial charge in [0.15, 0.2) is 0 Å². The number of nitrogens with one attached hydrogen (secondary N) is 2. The molecule has 2 amide bonds. The molecule has 0 spiro atoms. The van der Waals surface area contributed by atoms with Crippen molar-refractivity contribution in [2.24, 2.45) is 5.10 Å². The van der Waals surface area contributed by atoms with Crippen LogP contribution in [0.15, 0.2) is 53.6 Å². The van der Waals surface area contributed by atoms with Crippen LogP contribution >= 0.6 is 0 Å². The van der Waals surface area contributed by atoms with Crippen molar-refractivity contribution in [1.82, 2.24) is 5.43 Å². The van der Waals surface area contributed by atoms with E-state index in [1.165, 1.54) is 36.5 Å². The smallest absolute Gasteiger partial charge is 0.326 e. The molecule has 0 aliphatic carbocycles. The monoisotopic (exact) mass is 367 g/mol. The summed E-state index contributed by atoms with van der Waals surface area (Å²) < 4.78 is 50.5. The van der Waals surface area contributed by atoms with Crippen molar-refractivity contribution < 1.29 is 27.2 Å². The number of hydrogen-bond acceptors (Lipinski definition) is 3. The maximum Gasteiger partial charge on any atom is 0.416 e. The second-order valence-corrected chi connectivity index (χ2v) is 5.15. The lowest BCUT2D eigenvalue weighted by Gasteiger charge is -2.09. The summed E-state index contributed by atoms with van der Waals surface area (Å²) >= 11 is 0. The average Bonchev–Trinajstić information content (AvgIpc) is 2.56. The van der Waals surface area contributed by atoms with Gasteiger partial charge in [0.25, 0.3) is 0 Å². The van der Waals surface area contributed by atoms with Crippen LogP contribution in [0.25, 0.3) is 0 Å². The first-order chi connectivity index (χ1) is 12.2. The van der Waals surface area contributed by atoms with E-state index in [4.69, 9.17) is 0 Å². The minimum atomic E-state index is -4.53. The molecular weight excluding hydrogens is 354 g/mol. The first-order valence-electron chi connectivity index (χ1n) is 7.28. The molecule has 136 valence electrons. The van der Waals surface area contributed by atoms with E-state index in [2.05, 4.69) is 15.8 Å². The fourth-order valence-corrected chi connectivity index (χ4v) is 1.89. The normalized spacial score (nSPS) is 11.4. The lowest BCUT2D eigenvalue weighted by Crippen LogP contribution is -2.24. The van der Waals surface area contributed by atoms with Crippen LogP contribution in [0.5, 0.6) is 0 Å². The number of benzene rings is 2. The molecule has 0 saturated carbocycles. The van der Waals surface area contributed by atoms with Crippen molar-refractivity contribution in [1.29, 1.82) is 0 Å². The molecule has 0 aromatic heterocycles. The first-order valence-corrected chi connectivity index (χ1v) is 7.28. The van der Waals surface area contributed by atoms with E-state index in [1.807, 2.05) is 0 Å². The van der Waals surface area contributed by atoms with Crippen LogP contribution in [0, 0.1) is 5.82 Å². The zero-order chi connectivity index (χ0) is 19.2. The quantitative estimate of drug-likeness (QED) is 0.368. The predicted molar refractivity (Wildman–Crippen MR) is 86.8 cm³/mol. The average molecular weight is 367 g/mol. The Morgan fingerprint density at radius 2 is 1.73 bits per heavy atom. The highest BCUT2D eigenvalue weighted by Crippen LogP contribution is 2.30. The Balaban J connectivity index is 1.85. The minimum absolute atomic E-state index is 0.0764. The van der Waals surface area contributed by atoms with Crippen LogP contribution in [0.3, 0.4) is 0 Å². The van der Waals surface area contributed by atoms with Gasteiger partial charge >= 0.3 is 6.18 Å². The molecule has 0 aliphatic rings. The van der Waals surface area contributed by atoms with Crippen LogP contribution in [0.1, 0.15) is 17.5 Å². The summed E-state index contributed by atoms with van der Waals surface area (Å²) in [5.74, 6) is -1.97. The Morgan fingerprint density at radius 1 is 1.04 bits per heavy atom. The molecule has 0 bridgehead atoms. The molecule has 0 unspecified atom stereocenters. The van der Waals surface area contributed by atoms with Crippen LogP contribution < -0.4 is 10.7 Å². The van der Waals surface area contributed by atoms with Gasteiger partial charge in [0.1, 0.15) is 12.2 Å². The molecule has 0 heterocycles. The van der Waals surface area contributed by atoms with E-state index in [0.717, 1.165) is 18.2 Å². The van der Waals surface area contributed by atoms with Crippen molar-refractivity contribution in [2.75, 3.05) is 5.32 Å². The van der Waals surface area contributed by atoms with Crippen molar-refractivity contribution in [3.05, 3.63) is 65.5 Å². The van der Waals surface area contributed by atoms with Crippen molar-refractivity contribution in [3.8, 4) is 0 Å². The standard InChI is InChI=1S/C17H13F4N3O2/c18-13-6-4-11(5-7-13)10-22-24-16(26)9-15(25)23-14-3-1-2-12(8-14)17(19,20)21/h1-8,10H,9H2,(H,23,25)(H,24,26)/b22-10+. The zero-order valence-corrected chi connectivity index (χ0v) is 13.2. The van der Waals surface area contributed by atoms with Gasteiger partial charge in [-0.05, 0) is 35.9 Å². The van der Waals surface area contributed by atoms with Gasteiger partial charge in [0.05, 0.1) is 11.8 Å². The van der Waals surface area contributed by atoms with Crippen LogP contribution in [-0.4, -0.2) is 18.0 Å². The Bertz CT molecular complexity index is 818. The number of hydrazone groups is 1. The molecule has 0 fully saturated rings. The molecule has 0 saturated heterocycles. The Hall–Kier alpha value is -3.23. The van der Waals surface area contributed by atoms with E-state index in [-0.39, 0.29) is 5.69 Å². The molecule has 26 heavy (non-hydrogen) atoms. The summed E-state index contributed by atoms with van der Waals surface area (Å²) in [6.45, 7) is 0. The second kappa shape index (κ2) is 8.24. The van der Waals surface area contributed by atoms with Crippen molar-refractivity contribution in [2.45, 2.75) is 12.6 Å². The Morgan fingerprint density at radius 3 is 2.38 bits per heavy atom. The van der Waals surface area contributed by atoms with E-state index in [0.29, 0.717) is 5.56 Å². The number of rotatable bonds is 5. The van der Waals surface area contributed by atoms with Gasteiger partial charge in [-0.3, -0.25) is 9.59 Å². The molecule has 9 heteroatoms. The Labute approximate surface area is 145 Å². The summed E-state index contributed by atoms with van der Waals surface area (Å²) in [7, 11) is 0. The molecular formula is C17H13F4N3O2. The zero-order valence-electron chi connectivity index (χ0n) is 13.2. The number of carbonyl (C=O) groups is 2. The highest BCUT2D eigenvalue weighted by molar-refractivity contribution is 6.03. The fraction of sp³-hybridized carbons (Fsp3) is 0.118. The maximum atomic E-state index is 12.7. The number of halogens is 4. The summed E-state index contributed by atoms with van der Waals surface area (Å²) in [5.41, 5.74) is 1.63. The fourth-order valence-electron chi connectivity index (χ4n) is 1.89. The number of hydrogen-bond donors (Lipinski definition) is 2. The molecule has 0 radical (unpaired) electrons. The third-order valence-corrected chi connectivity index (χ3v) is 3.07. The molecule has 2 rings (SSSR count). The molecule has 2 aromatic rings. The lowest BCUT2D eigenvalue weighted by molar-refractivity contribution is -0.137. The van der Waals surface area contributed by atoms with Gasteiger partial charge in [-0.2, -0.15) is 18.3 Å². The van der Waals surface area contributed by atoms with Crippen molar-refractivity contribution in [3.63, 3.8) is 0 Å². The molecule has 2 N–H and O–H groups in total. The summed E-state index contributed by atoms with van der Waals surface area (Å²) in [6.07, 6.45) is -3.91. The predicted octanol–water partition coefficient (Wildman–Crippen LogP) is 3.32. The number of amides is 2. The minimum Gasteiger partial charge on any atom is -0.326 e. The van der Waals surface area contributed by atoms with Gasteiger partial charge in [-0.15, -0.1) is 0 Å². The summed E-state index contributed by atoms with van der Waals surface area (Å²) in [4.78, 5) is 23.3. The van der Waals surface area contributed by atoms with E-state index in [1.54, 1.807) is 0 Å². The van der Waals surface area contributed by atoms with Gasteiger partial charge in [-0.1, -0.05) is 18.2 Å². The van der Waals surface area contributed by atoms with Gasteiger partial charge in [-0.25, -0.2) is 9.82 Å². The van der Waals surface area contributed by atoms with Crippen molar-refractivity contribution >= 4 is 23.7 Å². The topological polar surface area (TPSA) is 70.6 Å². The maximum absolute atomic E-state index is 12.7. The number of alkyl halides is 3. The number of carbonyl (C=O) groups excluding carboxylic acids is 2. The van der Waals surface area contributed by atoms with E-state index in [9.17, 15) is 27.2 Å². The van der Waals surface area contributed by atoms with Gasteiger partial charge in [0, 0.05) is 5.69 Å².